The zero-order valence-corrected chi connectivity index (χ0v) is 14.7. The second-order valence-corrected chi connectivity index (χ2v) is 6.27. The molecule has 0 bridgehead atoms. The summed E-state index contributed by atoms with van der Waals surface area (Å²) in [5.41, 5.74) is 1.92. The maximum absolute atomic E-state index is 11.0. The summed E-state index contributed by atoms with van der Waals surface area (Å²) in [7, 11) is 0. The Kier molecular flexibility index (Phi) is 8.09. The van der Waals surface area contributed by atoms with E-state index in [2.05, 4.69) is 19.1 Å². The van der Waals surface area contributed by atoms with Gasteiger partial charge in [-0.05, 0) is 42.7 Å². The summed E-state index contributed by atoms with van der Waals surface area (Å²) >= 11 is 0. The van der Waals surface area contributed by atoms with Gasteiger partial charge in [0.15, 0.2) is 6.29 Å². The molecule has 2 aromatic carbocycles. The first-order chi connectivity index (χ1) is 11.8. The lowest BCUT2D eigenvalue weighted by molar-refractivity contribution is 0.112. The van der Waals surface area contributed by atoms with Crippen molar-refractivity contribution in [2.24, 2.45) is 0 Å². The molecule has 0 aliphatic carbocycles. The van der Waals surface area contributed by atoms with Gasteiger partial charge in [0.05, 0.1) is 5.56 Å². The van der Waals surface area contributed by atoms with E-state index in [9.17, 15) is 4.79 Å². The van der Waals surface area contributed by atoms with Crippen LogP contribution >= 0.6 is 0 Å². The van der Waals surface area contributed by atoms with Gasteiger partial charge in [-0.25, -0.2) is 0 Å². The topological polar surface area (TPSA) is 26.3 Å². The first-order valence-corrected chi connectivity index (χ1v) is 9.14. The third-order valence-electron chi connectivity index (χ3n) is 4.27. The summed E-state index contributed by atoms with van der Waals surface area (Å²) in [6.45, 7) is 2.25. The molecule has 0 saturated carbocycles. The summed E-state index contributed by atoms with van der Waals surface area (Å²) in [6, 6.07) is 15.5. The van der Waals surface area contributed by atoms with E-state index in [-0.39, 0.29) is 0 Å². The van der Waals surface area contributed by atoms with E-state index in [1.165, 1.54) is 50.5 Å². The number of carbonyl (C=O) groups is 1. The molecule has 0 aliphatic rings. The minimum atomic E-state index is 0.574. The monoisotopic (exact) mass is 324 g/mol. The number of hydrogen-bond donors (Lipinski definition) is 0. The third kappa shape index (κ3) is 6.19. The van der Waals surface area contributed by atoms with Crippen LogP contribution in [-0.4, -0.2) is 6.29 Å². The highest BCUT2D eigenvalue weighted by atomic mass is 16.5. The predicted octanol–water partition coefficient (Wildman–Crippen LogP) is 6.58. The molecule has 24 heavy (non-hydrogen) atoms. The van der Waals surface area contributed by atoms with Crippen LogP contribution in [0.3, 0.4) is 0 Å². The summed E-state index contributed by atoms with van der Waals surface area (Å²) < 4.78 is 5.80. The van der Waals surface area contributed by atoms with Gasteiger partial charge in [-0.15, -0.1) is 0 Å². The Morgan fingerprint density at radius 2 is 1.50 bits per heavy atom. The first kappa shape index (κ1) is 18.3. The van der Waals surface area contributed by atoms with Gasteiger partial charge in [-0.1, -0.05) is 69.7 Å². The summed E-state index contributed by atoms with van der Waals surface area (Å²) in [6.07, 6.45) is 11.3. The SMILES string of the molecule is CCCCCCCCCc1ccc(Oc2ccccc2C=O)cc1. The zero-order chi connectivity index (χ0) is 17.0. The number of rotatable bonds is 11. The Bertz CT molecular complexity index is 602. The van der Waals surface area contributed by atoms with E-state index in [4.69, 9.17) is 4.74 Å². The van der Waals surface area contributed by atoms with Crippen molar-refractivity contribution in [3.05, 3.63) is 59.7 Å². The fourth-order valence-corrected chi connectivity index (χ4v) is 2.81. The van der Waals surface area contributed by atoms with E-state index in [0.29, 0.717) is 11.3 Å². The predicted molar refractivity (Wildman–Crippen MR) is 100 cm³/mol. The van der Waals surface area contributed by atoms with E-state index in [1.807, 2.05) is 30.3 Å². The quantitative estimate of drug-likeness (QED) is 0.344. The van der Waals surface area contributed by atoms with Crippen LogP contribution in [0.4, 0.5) is 0 Å². The third-order valence-corrected chi connectivity index (χ3v) is 4.27. The second kappa shape index (κ2) is 10.6. The fourth-order valence-electron chi connectivity index (χ4n) is 2.81. The van der Waals surface area contributed by atoms with Gasteiger partial charge < -0.3 is 4.74 Å². The van der Waals surface area contributed by atoms with Gasteiger partial charge >= 0.3 is 0 Å². The van der Waals surface area contributed by atoms with Crippen LogP contribution in [0.5, 0.6) is 11.5 Å². The minimum Gasteiger partial charge on any atom is -0.457 e. The van der Waals surface area contributed by atoms with Crippen LogP contribution < -0.4 is 4.74 Å². The number of hydrogen-bond acceptors (Lipinski definition) is 2. The first-order valence-electron chi connectivity index (χ1n) is 9.14. The number of aldehydes is 1. The molecule has 2 nitrogen and oxygen atoms in total. The molecule has 2 rings (SSSR count). The zero-order valence-electron chi connectivity index (χ0n) is 14.7. The lowest BCUT2D eigenvalue weighted by Gasteiger charge is -2.08. The van der Waals surface area contributed by atoms with Crippen molar-refractivity contribution in [1.82, 2.24) is 0 Å². The molecule has 0 aliphatic heterocycles. The van der Waals surface area contributed by atoms with E-state index in [1.54, 1.807) is 6.07 Å². The molecule has 0 spiro atoms. The number of para-hydroxylation sites is 1. The molecule has 2 aromatic rings. The van der Waals surface area contributed by atoms with Gasteiger partial charge in [0, 0.05) is 0 Å². The van der Waals surface area contributed by atoms with Crippen molar-refractivity contribution in [2.45, 2.75) is 58.3 Å². The van der Waals surface area contributed by atoms with Crippen molar-refractivity contribution < 1.29 is 9.53 Å². The normalized spacial score (nSPS) is 10.5. The second-order valence-electron chi connectivity index (χ2n) is 6.27. The largest absolute Gasteiger partial charge is 0.457 e. The molecular weight excluding hydrogens is 296 g/mol. The number of unbranched alkanes of at least 4 members (excludes halogenated alkanes) is 6. The summed E-state index contributed by atoms with van der Waals surface area (Å²) in [5, 5.41) is 0. The highest BCUT2D eigenvalue weighted by Crippen LogP contribution is 2.24. The van der Waals surface area contributed by atoms with E-state index in [0.717, 1.165) is 18.5 Å². The van der Waals surface area contributed by atoms with Crippen molar-refractivity contribution in [2.75, 3.05) is 0 Å². The molecule has 0 unspecified atom stereocenters. The summed E-state index contributed by atoms with van der Waals surface area (Å²) in [4.78, 5) is 11.0. The highest BCUT2D eigenvalue weighted by molar-refractivity contribution is 5.79. The smallest absolute Gasteiger partial charge is 0.153 e. The van der Waals surface area contributed by atoms with Gasteiger partial charge in [0.2, 0.25) is 0 Å². The molecule has 128 valence electrons. The molecule has 0 N–H and O–H groups in total. The molecule has 0 amide bonds. The van der Waals surface area contributed by atoms with E-state index < -0.39 is 0 Å². The van der Waals surface area contributed by atoms with Gasteiger partial charge in [0.1, 0.15) is 11.5 Å². The van der Waals surface area contributed by atoms with Gasteiger partial charge in [-0.3, -0.25) is 4.79 Å². The number of carbonyl (C=O) groups excluding carboxylic acids is 1. The fraction of sp³-hybridized carbons (Fsp3) is 0.409. The molecule has 0 aromatic heterocycles. The van der Waals surface area contributed by atoms with Crippen LogP contribution in [0, 0.1) is 0 Å². The van der Waals surface area contributed by atoms with Crippen LogP contribution in [0.2, 0.25) is 0 Å². The molecule has 0 atom stereocenters. The molecule has 0 saturated heterocycles. The lowest BCUT2D eigenvalue weighted by Crippen LogP contribution is -1.91. The van der Waals surface area contributed by atoms with Crippen molar-refractivity contribution in [3.63, 3.8) is 0 Å². The Labute approximate surface area is 145 Å². The molecule has 0 fully saturated rings. The minimum absolute atomic E-state index is 0.574. The van der Waals surface area contributed by atoms with Crippen LogP contribution in [0.15, 0.2) is 48.5 Å². The van der Waals surface area contributed by atoms with Gasteiger partial charge in [0.25, 0.3) is 0 Å². The maximum Gasteiger partial charge on any atom is 0.153 e. The average molecular weight is 324 g/mol. The lowest BCUT2D eigenvalue weighted by atomic mass is 10.0. The Morgan fingerprint density at radius 3 is 2.21 bits per heavy atom. The molecule has 0 radical (unpaired) electrons. The van der Waals surface area contributed by atoms with Crippen molar-refractivity contribution in [3.8, 4) is 11.5 Å². The number of ether oxygens (including phenoxy) is 1. The highest BCUT2D eigenvalue weighted by Gasteiger charge is 2.03. The number of benzene rings is 2. The van der Waals surface area contributed by atoms with Crippen molar-refractivity contribution >= 4 is 6.29 Å². The average Bonchev–Trinajstić information content (AvgIpc) is 2.63. The number of aryl methyl sites for hydroxylation is 1. The molecule has 2 heteroatoms. The Morgan fingerprint density at radius 1 is 0.833 bits per heavy atom. The van der Waals surface area contributed by atoms with E-state index >= 15 is 0 Å². The molecular formula is C22H28O2. The van der Waals surface area contributed by atoms with Gasteiger partial charge in [-0.2, -0.15) is 0 Å². The Balaban J connectivity index is 1.75. The van der Waals surface area contributed by atoms with Crippen LogP contribution in [0.1, 0.15) is 67.8 Å². The summed E-state index contributed by atoms with van der Waals surface area (Å²) in [5.74, 6) is 1.37. The Hall–Kier alpha value is -2.09. The van der Waals surface area contributed by atoms with Crippen LogP contribution in [0.25, 0.3) is 0 Å². The van der Waals surface area contributed by atoms with Crippen LogP contribution in [-0.2, 0) is 6.42 Å². The van der Waals surface area contributed by atoms with Crippen molar-refractivity contribution in [1.29, 1.82) is 0 Å². The standard InChI is InChI=1S/C22H28O2/c1-2-3-4-5-6-7-8-11-19-14-16-21(17-15-19)24-22-13-10-9-12-20(22)18-23/h9-10,12-18H,2-8,11H2,1H3. The molecule has 0 heterocycles. The maximum atomic E-state index is 11.0.